The summed E-state index contributed by atoms with van der Waals surface area (Å²) in [6.07, 6.45) is 6.90. The third kappa shape index (κ3) is 6.32. The molecule has 2 rings (SSSR count). The first-order valence-electron chi connectivity index (χ1n) is 11.6. The zero-order valence-corrected chi connectivity index (χ0v) is 21.7. The minimum absolute atomic E-state index is 0.106. The van der Waals surface area contributed by atoms with E-state index in [0.717, 1.165) is 61.0 Å². The Morgan fingerprint density at radius 2 is 1.71 bits per heavy atom. The summed E-state index contributed by atoms with van der Waals surface area (Å²) in [6.45, 7) is 18.4. The number of piperidine rings is 1. The van der Waals surface area contributed by atoms with Crippen molar-refractivity contribution < 1.29 is 9.59 Å². The highest BCUT2D eigenvalue weighted by molar-refractivity contribution is 9.10. The second-order valence-electron chi connectivity index (χ2n) is 8.49. The molecule has 0 aromatic carbocycles. The van der Waals surface area contributed by atoms with Crippen molar-refractivity contribution in [1.82, 2.24) is 4.90 Å². The SMILES string of the molecule is [C-]#[N+]C1C(=O)N(CCCC)C(=O)C(Cc2cc(Br)c(N(CCCC)CCCC)s2)C1C. The highest BCUT2D eigenvalue weighted by Gasteiger charge is 2.49. The molecule has 1 aromatic heterocycles. The Kier molecular flexibility index (Phi) is 10.5. The lowest BCUT2D eigenvalue weighted by atomic mass is 9.80. The number of hydrogen-bond donors (Lipinski definition) is 0. The molecule has 2 amide bonds. The van der Waals surface area contributed by atoms with E-state index < -0.39 is 6.04 Å². The number of likely N-dealkylation sites (tertiary alicyclic amines) is 1. The Morgan fingerprint density at radius 1 is 1.10 bits per heavy atom. The van der Waals surface area contributed by atoms with Gasteiger partial charge in [0.05, 0.1) is 16.3 Å². The minimum atomic E-state index is -0.756. The molecule has 31 heavy (non-hydrogen) atoms. The maximum absolute atomic E-state index is 13.2. The standard InChI is InChI=1S/C24H36BrN3O2S/c1-6-9-12-27(13-10-7-2)24-20(25)16-18(31-24)15-19-17(4)21(26-5)23(30)28(22(19)29)14-11-8-3/h16-17,19,21H,6-15H2,1-4H3. The molecule has 1 aromatic rings. The molecule has 0 aliphatic carbocycles. The van der Waals surface area contributed by atoms with Crippen LogP contribution < -0.4 is 4.90 Å². The van der Waals surface area contributed by atoms with Crippen LogP contribution in [0.25, 0.3) is 4.85 Å². The van der Waals surface area contributed by atoms with Crippen LogP contribution in [0, 0.1) is 18.4 Å². The minimum Gasteiger partial charge on any atom is -0.363 e. The number of halogens is 1. The van der Waals surface area contributed by atoms with Gasteiger partial charge in [-0.15, -0.1) is 11.3 Å². The number of thiophene rings is 1. The van der Waals surface area contributed by atoms with Crippen LogP contribution in [0.1, 0.15) is 71.1 Å². The van der Waals surface area contributed by atoms with Crippen LogP contribution in [0.5, 0.6) is 0 Å². The number of carbonyl (C=O) groups is 2. The summed E-state index contributed by atoms with van der Waals surface area (Å²) >= 11 is 5.49. The molecular weight excluding hydrogens is 474 g/mol. The van der Waals surface area contributed by atoms with Crippen molar-refractivity contribution in [2.24, 2.45) is 11.8 Å². The second-order valence-corrected chi connectivity index (χ2v) is 10.5. The molecule has 0 saturated carbocycles. The van der Waals surface area contributed by atoms with Crippen molar-refractivity contribution in [3.63, 3.8) is 0 Å². The van der Waals surface area contributed by atoms with Gasteiger partial charge in [0, 0.05) is 24.5 Å². The fraction of sp³-hybridized carbons (Fsp3) is 0.708. The van der Waals surface area contributed by atoms with E-state index >= 15 is 0 Å². The van der Waals surface area contributed by atoms with Crippen LogP contribution in [-0.4, -0.2) is 42.4 Å². The largest absolute Gasteiger partial charge is 0.363 e. The van der Waals surface area contributed by atoms with E-state index in [-0.39, 0.29) is 23.7 Å². The van der Waals surface area contributed by atoms with Gasteiger partial charge in [0.2, 0.25) is 5.91 Å². The van der Waals surface area contributed by atoms with Gasteiger partial charge >= 0.3 is 11.9 Å². The lowest BCUT2D eigenvalue weighted by molar-refractivity contribution is -0.154. The first-order valence-corrected chi connectivity index (χ1v) is 13.2. The lowest BCUT2D eigenvalue weighted by Gasteiger charge is -2.35. The fourth-order valence-electron chi connectivity index (χ4n) is 4.07. The number of unbranched alkanes of at least 4 members (excludes halogenated alkanes) is 3. The van der Waals surface area contributed by atoms with Crippen LogP contribution in [0.4, 0.5) is 5.00 Å². The molecule has 1 aliphatic heterocycles. The summed E-state index contributed by atoms with van der Waals surface area (Å²) in [6, 6.07) is 1.37. The van der Waals surface area contributed by atoms with Crippen LogP contribution in [-0.2, 0) is 16.0 Å². The average molecular weight is 511 g/mol. The van der Waals surface area contributed by atoms with Crippen molar-refractivity contribution in [2.45, 2.75) is 78.7 Å². The topological polar surface area (TPSA) is 45.0 Å². The number of anilines is 1. The second kappa shape index (κ2) is 12.6. The average Bonchev–Trinajstić information content (AvgIpc) is 3.11. The van der Waals surface area contributed by atoms with Crippen LogP contribution in [0.3, 0.4) is 0 Å². The van der Waals surface area contributed by atoms with Gasteiger partial charge in [0.15, 0.2) is 0 Å². The summed E-state index contributed by atoms with van der Waals surface area (Å²) in [4.78, 5) is 34.5. The molecule has 1 saturated heterocycles. The van der Waals surface area contributed by atoms with Crippen molar-refractivity contribution >= 4 is 44.1 Å². The van der Waals surface area contributed by atoms with Gasteiger partial charge in [-0.25, -0.2) is 6.57 Å². The first kappa shape index (κ1) is 25.9. The molecule has 3 atom stereocenters. The van der Waals surface area contributed by atoms with Gasteiger partial charge in [0.1, 0.15) is 5.00 Å². The zero-order chi connectivity index (χ0) is 23.0. The van der Waals surface area contributed by atoms with E-state index in [1.54, 1.807) is 11.3 Å². The molecule has 1 aliphatic rings. The Bertz CT molecular complexity index is 780. The molecule has 3 unspecified atom stereocenters. The molecule has 172 valence electrons. The van der Waals surface area contributed by atoms with Gasteiger partial charge < -0.3 is 9.74 Å². The smallest absolute Gasteiger partial charge is 0.312 e. The molecular formula is C24H36BrN3O2S. The van der Waals surface area contributed by atoms with Gasteiger partial charge in [0.25, 0.3) is 0 Å². The highest BCUT2D eigenvalue weighted by atomic mass is 79.9. The van der Waals surface area contributed by atoms with Crippen molar-refractivity contribution in [1.29, 1.82) is 0 Å². The molecule has 0 N–H and O–H groups in total. The van der Waals surface area contributed by atoms with Crippen molar-refractivity contribution in [3.8, 4) is 0 Å². The van der Waals surface area contributed by atoms with E-state index in [9.17, 15) is 9.59 Å². The normalized spacial score (nSPS) is 21.4. The summed E-state index contributed by atoms with van der Waals surface area (Å²) in [5, 5.41) is 1.23. The molecule has 7 heteroatoms. The van der Waals surface area contributed by atoms with E-state index in [0.29, 0.717) is 13.0 Å². The first-order chi connectivity index (χ1) is 14.9. The molecule has 1 fully saturated rings. The Hall–Kier alpha value is -1.39. The van der Waals surface area contributed by atoms with E-state index in [1.807, 2.05) is 13.8 Å². The van der Waals surface area contributed by atoms with Crippen molar-refractivity contribution in [3.05, 3.63) is 26.8 Å². The van der Waals surface area contributed by atoms with Crippen LogP contribution >= 0.6 is 27.3 Å². The summed E-state index contributed by atoms with van der Waals surface area (Å²) in [5.41, 5.74) is 0. The Morgan fingerprint density at radius 3 is 2.26 bits per heavy atom. The van der Waals surface area contributed by atoms with E-state index in [2.05, 4.69) is 45.6 Å². The Labute approximate surface area is 200 Å². The molecule has 0 bridgehead atoms. The maximum Gasteiger partial charge on any atom is 0.312 e. The number of nitrogens with zero attached hydrogens (tertiary/aromatic N) is 3. The molecule has 5 nitrogen and oxygen atoms in total. The predicted molar refractivity (Wildman–Crippen MR) is 132 cm³/mol. The fourth-order valence-corrected chi connectivity index (χ4v) is 6.15. The van der Waals surface area contributed by atoms with Gasteiger partial charge in [-0.3, -0.25) is 14.5 Å². The number of hydrogen-bond acceptors (Lipinski definition) is 4. The van der Waals surface area contributed by atoms with Gasteiger partial charge in [-0.2, -0.15) is 0 Å². The molecule has 0 spiro atoms. The number of carbonyl (C=O) groups excluding carboxylic acids is 2. The third-order valence-corrected chi connectivity index (χ3v) is 8.19. The predicted octanol–water partition coefficient (Wildman–Crippen LogP) is 6.17. The number of imide groups is 1. The monoisotopic (exact) mass is 509 g/mol. The number of amides is 2. The highest BCUT2D eigenvalue weighted by Crippen LogP contribution is 2.39. The van der Waals surface area contributed by atoms with Crippen LogP contribution in [0.15, 0.2) is 10.5 Å². The van der Waals surface area contributed by atoms with E-state index in [4.69, 9.17) is 6.57 Å². The zero-order valence-electron chi connectivity index (χ0n) is 19.3. The van der Waals surface area contributed by atoms with E-state index in [1.165, 1.54) is 9.90 Å². The third-order valence-electron chi connectivity index (χ3n) is 6.10. The van der Waals surface area contributed by atoms with Gasteiger partial charge in [-0.1, -0.05) is 47.0 Å². The lowest BCUT2D eigenvalue weighted by Crippen LogP contribution is -2.55. The summed E-state index contributed by atoms with van der Waals surface area (Å²) in [5.74, 6) is -1.01. The molecule has 0 radical (unpaired) electrons. The quantitative estimate of drug-likeness (QED) is 0.250. The summed E-state index contributed by atoms with van der Waals surface area (Å²) in [7, 11) is 0. The maximum atomic E-state index is 13.2. The van der Waals surface area contributed by atoms with Gasteiger partial charge in [-0.05, 0) is 47.7 Å². The van der Waals surface area contributed by atoms with Crippen molar-refractivity contribution in [2.75, 3.05) is 24.5 Å². The Balaban J connectivity index is 2.25. The molecule has 2 heterocycles. The summed E-state index contributed by atoms with van der Waals surface area (Å²) < 4.78 is 1.08. The number of rotatable bonds is 12. The van der Waals surface area contributed by atoms with Crippen LogP contribution in [0.2, 0.25) is 0 Å².